The number of hydrogen-bond acceptors (Lipinski definition) is 3. The molecule has 0 aromatic heterocycles. The summed E-state index contributed by atoms with van der Waals surface area (Å²) in [4.78, 5) is 14.1. The van der Waals surface area contributed by atoms with E-state index >= 15 is 0 Å². The van der Waals surface area contributed by atoms with Gasteiger partial charge in [0, 0.05) is 19.2 Å². The maximum Gasteiger partial charge on any atom is 0.226 e. The van der Waals surface area contributed by atoms with Gasteiger partial charge in [-0.3, -0.25) is 4.79 Å². The zero-order chi connectivity index (χ0) is 15.1. The molecule has 0 bridgehead atoms. The van der Waals surface area contributed by atoms with Gasteiger partial charge in [-0.1, -0.05) is 12.1 Å². The van der Waals surface area contributed by atoms with E-state index in [0.717, 1.165) is 32.2 Å². The van der Waals surface area contributed by atoms with Crippen molar-refractivity contribution in [2.75, 3.05) is 19.8 Å². The second-order valence-electron chi connectivity index (χ2n) is 5.28. The number of hydrogen-bond donors (Lipinski definition) is 1. The summed E-state index contributed by atoms with van der Waals surface area (Å²) in [6, 6.07) is 6.43. The number of carbonyl (C=O) groups is 1. The summed E-state index contributed by atoms with van der Waals surface area (Å²) in [6.07, 6.45) is 3.83. The van der Waals surface area contributed by atoms with Crippen LogP contribution in [-0.4, -0.2) is 41.7 Å². The summed E-state index contributed by atoms with van der Waals surface area (Å²) < 4.78 is 18.7. The molecule has 1 aliphatic heterocycles. The van der Waals surface area contributed by atoms with Crippen LogP contribution in [0.5, 0.6) is 5.75 Å². The molecule has 116 valence electrons. The maximum atomic E-state index is 13.4. The summed E-state index contributed by atoms with van der Waals surface area (Å²) in [5.41, 5.74) is 0. The minimum atomic E-state index is -0.410. The normalized spacial score (nSPS) is 18.0. The number of halogens is 1. The first-order chi connectivity index (χ1) is 10.2. The number of para-hydroxylation sites is 1. The predicted molar refractivity (Wildman–Crippen MR) is 77.6 cm³/mol. The van der Waals surface area contributed by atoms with E-state index in [9.17, 15) is 9.18 Å². The molecule has 1 heterocycles. The fraction of sp³-hybridized carbons (Fsp3) is 0.562. The highest BCUT2D eigenvalue weighted by Gasteiger charge is 2.27. The van der Waals surface area contributed by atoms with Crippen LogP contribution in [-0.2, 0) is 4.79 Å². The number of amides is 1. The van der Waals surface area contributed by atoms with Gasteiger partial charge < -0.3 is 14.7 Å². The Hall–Kier alpha value is -1.62. The SMILES string of the molecule is O=C(CCOc1ccccc1F)N1CCCC1CCCO. The number of carbonyl (C=O) groups excluding carboxylic acids is 1. The van der Waals surface area contributed by atoms with Crippen molar-refractivity contribution in [2.45, 2.75) is 38.1 Å². The van der Waals surface area contributed by atoms with Crippen LogP contribution >= 0.6 is 0 Å². The van der Waals surface area contributed by atoms with Gasteiger partial charge in [0.05, 0.1) is 13.0 Å². The molecule has 1 fully saturated rings. The van der Waals surface area contributed by atoms with Gasteiger partial charge in [-0.15, -0.1) is 0 Å². The van der Waals surface area contributed by atoms with Crippen LogP contribution in [0.15, 0.2) is 24.3 Å². The number of nitrogens with zero attached hydrogens (tertiary/aromatic N) is 1. The Morgan fingerprint density at radius 3 is 3.00 bits per heavy atom. The highest BCUT2D eigenvalue weighted by atomic mass is 19.1. The van der Waals surface area contributed by atoms with Crippen LogP contribution in [0.2, 0.25) is 0 Å². The Morgan fingerprint density at radius 1 is 1.43 bits per heavy atom. The number of aliphatic hydroxyl groups excluding tert-OH is 1. The Morgan fingerprint density at radius 2 is 2.24 bits per heavy atom. The maximum absolute atomic E-state index is 13.4. The topological polar surface area (TPSA) is 49.8 Å². The Balaban J connectivity index is 1.77. The molecule has 1 aromatic carbocycles. The van der Waals surface area contributed by atoms with Crippen molar-refractivity contribution in [2.24, 2.45) is 0 Å². The molecule has 0 saturated carbocycles. The molecule has 0 spiro atoms. The van der Waals surface area contributed by atoms with Gasteiger partial charge >= 0.3 is 0 Å². The van der Waals surface area contributed by atoms with Crippen molar-refractivity contribution in [3.8, 4) is 5.75 Å². The first-order valence-corrected chi connectivity index (χ1v) is 7.50. The van der Waals surface area contributed by atoms with Gasteiger partial charge in [0.15, 0.2) is 11.6 Å². The minimum absolute atomic E-state index is 0.0479. The summed E-state index contributed by atoms with van der Waals surface area (Å²) in [5, 5.41) is 8.89. The minimum Gasteiger partial charge on any atom is -0.490 e. The van der Waals surface area contributed by atoms with Gasteiger partial charge in [-0.2, -0.15) is 0 Å². The summed E-state index contributed by atoms with van der Waals surface area (Å²) in [6.45, 7) is 1.12. The van der Waals surface area contributed by atoms with E-state index in [-0.39, 0.29) is 37.3 Å². The molecular formula is C16H22FNO3. The molecule has 2 rings (SSSR count). The number of benzene rings is 1. The molecule has 1 N–H and O–H groups in total. The second kappa shape index (κ2) is 7.98. The molecule has 1 atom stereocenters. The quantitative estimate of drug-likeness (QED) is 0.840. The zero-order valence-electron chi connectivity index (χ0n) is 12.1. The molecular weight excluding hydrogens is 273 g/mol. The van der Waals surface area contributed by atoms with E-state index in [2.05, 4.69) is 0 Å². The van der Waals surface area contributed by atoms with Crippen LogP contribution in [0.1, 0.15) is 32.1 Å². The average molecular weight is 295 g/mol. The molecule has 5 heteroatoms. The van der Waals surface area contributed by atoms with Crippen molar-refractivity contribution in [1.29, 1.82) is 0 Å². The molecule has 1 aliphatic rings. The summed E-state index contributed by atoms with van der Waals surface area (Å²) >= 11 is 0. The van der Waals surface area contributed by atoms with Crippen LogP contribution in [0.25, 0.3) is 0 Å². The monoisotopic (exact) mass is 295 g/mol. The lowest BCUT2D eigenvalue weighted by Gasteiger charge is -2.24. The molecule has 21 heavy (non-hydrogen) atoms. The van der Waals surface area contributed by atoms with E-state index in [4.69, 9.17) is 9.84 Å². The van der Waals surface area contributed by atoms with Crippen LogP contribution in [0.3, 0.4) is 0 Å². The fourth-order valence-electron chi connectivity index (χ4n) is 2.74. The molecule has 1 unspecified atom stereocenters. The van der Waals surface area contributed by atoms with E-state index in [1.807, 2.05) is 4.90 Å². The Bertz CT molecular complexity index is 467. The number of ether oxygens (including phenoxy) is 1. The van der Waals surface area contributed by atoms with Gasteiger partial charge in [0.2, 0.25) is 5.91 Å². The smallest absolute Gasteiger partial charge is 0.226 e. The van der Waals surface area contributed by atoms with E-state index in [0.29, 0.717) is 0 Å². The third kappa shape index (κ3) is 4.43. The van der Waals surface area contributed by atoms with E-state index in [1.165, 1.54) is 6.07 Å². The molecule has 0 aliphatic carbocycles. The number of likely N-dealkylation sites (tertiary alicyclic amines) is 1. The number of aliphatic hydroxyl groups is 1. The Labute approximate surface area is 124 Å². The van der Waals surface area contributed by atoms with Gasteiger partial charge in [0.1, 0.15) is 0 Å². The summed E-state index contributed by atoms with van der Waals surface area (Å²) in [7, 11) is 0. The lowest BCUT2D eigenvalue weighted by molar-refractivity contribution is -0.132. The first kappa shape index (κ1) is 15.8. The lowest BCUT2D eigenvalue weighted by Crippen LogP contribution is -2.36. The van der Waals surface area contributed by atoms with Crippen molar-refractivity contribution in [3.63, 3.8) is 0 Å². The lowest BCUT2D eigenvalue weighted by atomic mass is 10.1. The summed E-state index contributed by atoms with van der Waals surface area (Å²) in [5.74, 6) is -0.178. The molecule has 4 nitrogen and oxygen atoms in total. The number of rotatable bonds is 7. The third-order valence-corrected chi connectivity index (χ3v) is 3.80. The van der Waals surface area contributed by atoms with Crippen LogP contribution < -0.4 is 4.74 Å². The van der Waals surface area contributed by atoms with Crippen molar-refractivity contribution < 1.29 is 19.0 Å². The third-order valence-electron chi connectivity index (χ3n) is 3.80. The standard InChI is InChI=1S/C16H22FNO3/c17-14-7-1-2-8-15(14)21-12-9-16(20)18-10-3-5-13(18)6-4-11-19/h1-2,7-8,13,19H,3-6,9-12H2. The second-order valence-corrected chi connectivity index (χ2v) is 5.28. The van der Waals surface area contributed by atoms with Crippen molar-refractivity contribution >= 4 is 5.91 Å². The van der Waals surface area contributed by atoms with E-state index < -0.39 is 5.82 Å². The zero-order valence-corrected chi connectivity index (χ0v) is 12.1. The molecule has 1 amide bonds. The highest BCUT2D eigenvalue weighted by molar-refractivity contribution is 5.77. The van der Waals surface area contributed by atoms with E-state index in [1.54, 1.807) is 18.2 Å². The van der Waals surface area contributed by atoms with Crippen LogP contribution in [0.4, 0.5) is 4.39 Å². The van der Waals surface area contributed by atoms with Gasteiger partial charge in [-0.25, -0.2) is 4.39 Å². The Kier molecular flexibility index (Phi) is 5.99. The highest BCUT2D eigenvalue weighted by Crippen LogP contribution is 2.22. The fourth-order valence-corrected chi connectivity index (χ4v) is 2.74. The van der Waals surface area contributed by atoms with Crippen molar-refractivity contribution in [3.05, 3.63) is 30.1 Å². The van der Waals surface area contributed by atoms with Gasteiger partial charge in [-0.05, 0) is 37.8 Å². The molecule has 1 aromatic rings. The predicted octanol–water partition coefficient (Wildman–Crippen LogP) is 2.36. The van der Waals surface area contributed by atoms with Crippen LogP contribution in [0, 0.1) is 5.82 Å². The first-order valence-electron chi connectivity index (χ1n) is 7.50. The molecule has 1 saturated heterocycles. The van der Waals surface area contributed by atoms with Gasteiger partial charge in [0.25, 0.3) is 0 Å². The molecule has 0 radical (unpaired) electrons. The van der Waals surface area contributed by atoms with Crippen molar-refractivity contribution in [1.82, 2.24) is 4.90 Å². The average Bonchev–Trinajstić information content (AvgIpc) is 2.95. The largest absolute Gasteiger partial charge is 0.490 e.